The summed E-state index contributed by atoms with van der Waals surface area (Å²) < 4.78 is 2.69. The Kier molecular flexibility index (Phi) is 6.73. The van der Waals surface area contributed by atoms with Crippen LogP contribution in [0.25, 0.3) is 0 Å². The molecular weight excluding hydrogens is 232 g/mol. The van der Waals surface area contributed by atoms with Gasteiger partial charge in [0.05, 0.1) is 26.2 Å². The van der Waals surface area contributed by atoms with Crippen molar-refractivity contribution in [2.45, 2.75) is 77.6 Å². The zero-order valence-electron chi connectivity index (χ0n) is 13.0. The van der Waals surface area contributed by atoms with Gasteiger partial charge in [-0.15, -0.1) is 0 Å². The highest BCUT2D eigenvalue weighted by Gasteiger charge is 2.27. The van der Waals surface area contributed by atoms with E-state index in [1.165, 1.54) is 96.8 Å². The highest BCUT2D eigenvalue weighted by atomic mass is 15.3. The van der Waals surface area contributed by atoms with Crippen LogP contribution >= 0.6 is 0 Å². The average Bonchev–Trinajstić information content (AvgIpc) is 2.68. The second kappa shape index (κ2) is 8.60. The minimum atomic E-state index is 1.32. The Labute approximate surface area is 119 Å². The molecule has 2 aliphatic rings. The van der Waals surface area contributed by atoms with Crippen molar-refractivity contribution < 1.29 is 4.58 Å². The van der Waals surface area contributed by atoms with Crippen molar-refractivity contribution in [3.05, 3.63) is 0 Å². The third kappa shape index (κ3) is 4.81. The van der Waals surface area contributed by atoms with Crippen LogP contribution in [-0.4, -0.2) is 41.5 Å². The summed E-state index contributed by atoms with van der Waals surface area (Å²) in [4.78, 5) is 2.72. The zero-order valence-corrected chi connectivity index (χ0v) is 13.0. The molecule has 2 heteroatoms. The summed E-state index contributed by atoms with van der Waals surface area (Å²) in [7, 11) is 0. The summed E-state index contributed by atoms with van der Waals surface area (Å²) in [6, 6.07) is 0. The van der Waals surface area contributed by atoms with Crippen LogP contribution in [0.1, 0.15) is 77.6 Å². The molecule has 19 heavy (non-hydrogen) atoms. The maximum Gasteiger partial charge on any atom is 0.246 e. The molecule has 2 nitrogen and oxygen atoms in total. The maximum atomic E-state index is 2.72. The molecule has 2 rings (SSSR count). The van der Waals surface area contributed by atoms with Gasteiger partial charge in [-0.3, -0.25) is 9.48 Å². The molecule has 0 aromatic heterocycles. The highest BCUT2D eigenvalue weighted by molar-refractivity contribution is 5.77. The molecule has 110 valence electrons. The quantitative estimate of drug-likeness (QED) is 0.497. The number of rotatable bonds is 7. The Balaban J connectivity index is 1.72. The molecule has 0 unspecified atom stereocenters. The first kappa shape index (κ1) is 14.9. The third-order valence-electron chi connectivity index (χ3n) is 4.70. The van der Waals surface area contributed by atoms with Crippen molar-refractivity contribution in [1.29, 1.82) is 0 Å². The van der Waals surface area contributed by atoms with Gasteiger partial charge in [-0.05, 0) is 32.1 Å². The van der Waals surface area contributed by atoms with E-state index in [1.807, 2.05) is 0 Å². The van der Waals surface area contributed by atoms with Crippen LogP contribution in [0.4, 0.5) is 0 Å². The molecule has 0 aromatic rings. The molecule has 0 amide bonds. The van der Waals surface area contributed by atoms with Crippen molar-refractivity contribution >= 4 is 5.84 Å². The first-order chi connectivity index (χ1) is 9.42. The molecule has 2 heterocycles. The SMILES string of the molecule is CCCCCCCCN1CCC[N+]2=C1CCCCC2. The van der Waals surface area contributed by atoms with Gasteiger partial charge in [0.1, 0.15) is 0 Å². The van der Waals surface area contributed by atoms with Crippen LogP contribution in [0, 0.1) is 0 Å². The topological polar surface area (TPSA) is 6.25 Å². The molecule has 0 saturated carbocycles. The van der Waals surface area contributed by atoms with Gasteiger partial charge >= 0.3 is 0 Å². The second-order valence-corrected chi connectivity index (χ2v) is 6.32. The van der Waals surface area contributed by atoms with E-state index in [-0.39, 0.29) is 0 Å². The normalized spacial score (nSPS) is 20.4. The van der Waals surface area contributed by atoms with Gasteiger partial charge in [0.15, 0.2) is 0 Å². The van der Waals surface area contributed by atoms with E-state index in [0.29, 0.717) is 0 Å². The average molecular weight is 265 g/mol. The molecule has 0 aliphatic carbocycles. The Morgan fingerprint density at radius 2 is 1.68 bits per heavy atom. The molecule has 2 aliphatic heterocycles. The second-order valence-electron chi connectivity index (χ2n) is 6.32. The summed E-state index contributed by atoms with van der Waals surface area (Å²) in [5.74, 6) is 1.69. The van der Waals surface area contributed by atoms with E-state index in [1.54, 1.807) is 5.84 Å². The van der Waals surface area contributed by atoms with E-state index >= 15 is 0 Å². The lowest BCUT2D eigenvalue weighted by Crippen LogP contribution is -2.44. The van der Waals surface area contributed by atoms with Crippen LogP contribution in [0.15, 0.2) is 0 Å². The van der Waals surface area contributed by atoms with Crippen LogP contribution in [0.5, 0.6) is 0 Å². The zero-order chi connectivity index (χ0) is 13.3. The molecule has 0 bridgehead atoms. The van der Waals surface area contributed by atoms with E-state index in [0.717, 1.165) is 0 Å². The predicted molar refractivity (Wildman–Crippen MR) is 83.0 cm³/mol. The van der Waals surface area contributed by atoms with E-state index < -0.39 is 0 Å². The summed E-state index contributed by atoms with van der Waals surface area (Å²) in [5, 5.41) is 0. The first-order valence-electron chi connectivity index (χ1n) is 8.77. The van der Waals surface area contributed by atoms with Crippen LogP contribution in [0.3, 0.4) is 0 Å². The number of hydrogen-bond acceptors (Lipinski definition) is 1. The van der Waals surface area contributed by atoms with Gasteiger partial charge in [0.25, 0.3) is 0 Å². The van der Waals surface area contributed by atoms with Gasteiger partial charge in [-0.2, -0.15) is 0 Å². The Morgan fingerprint density at radius 1 is 0.895 bits per heavy atom. The minimum Gasteiger partial charge on any atom is -0.266 e. The van der Waals surface area contributed by atoms with Crippen molar-refractivity contribution in [3.63, 3.8) is 0 Å². The van der Waals surface area contributed by atoms with Gasteiger partial charge in [0, 0.05) is 12.8 Å². The third-order valence-corrected chi connectivity index (χ3v) is 4.70. The number of hydrogen-bond donors (Lipinski definition) is 0. The number of amidine groups is 1. The maximum absolute atomic E-state index is 2.72. The lowest BCUT2D eigenvalue weighted by atomic mass is 10.1. The molecular formula is C17H33N2+. The van der Waals surface area contributed by atoms with Crippen LogP contribution < -0.4 is 0 Å². The van der Waals surface area contributed by atoms with E-state index in [2.05, 4.69) is 16.4 Å². The largest absolute Gasteiger partial charge is 0.266 e. The smallest absolute Gasteiger partial charge is 0.246 e. The molecule has 0 saturated heterocycles. The highest BCUT2D eigenvalue weighted by Crippen LogP contribution is 2.16. The molecule has 0 N–H and O–H groups in total. The van der Waals surface area contributed by atoms with E-state index in [4.69, 9.17) is 0 Å². The summed E-state index contributed by atoms with van der Waals surface area (Å²) >= 11 is 0. The van der Waals surface area contributed by atoms with Crippen molar-refractivity contribution in [1.82, 2.24) is 4.90 Å². The summed E-state index contributed by atoms with van der Waals surface area (Å²) in [6.07, 6.45) is 15.5. The molecule has 0 aromatic carbocycles. The predicted octanol–water partition coefficient (Wildman–Crippen LogP) is 4.04. The lowest BCUT2D eigenvalue weighted by Gasteiger charge is -2.26. The molecule has 0 radical (unpaired) electrons. The fraction of sp³-hybridized carbons (Fsp3) is 0.941. The van der Waals surface area contributed by atoms with Crippen molar-refractivity contribution in [2.75, 3.05) is 26.2 Å². The Hall–Kier alpha value is -0.530. The van der Waals surface area contributed by atoms with Crippen LogP contribution in [0.2, 0.25) is 0 Å². The van der Waals surface area contributed by atoms with E-state index in [9.17, 15) is 0 Å². The molecule has 0 spiro atoms. The van der Waals surface area contributed by atoms with Gasteiger partial charge in [-0.25, -0.2) is 0 Å². The standard InChI is InChI=1S/C17H33N2/c1-2-3-4-5-6-9-13-18-15-11-16-19-14-10-7-8-12-17(18)19/h2-16H2,1H3/q+1. The first-order valence-corrected chi connectivity index (χ1v) is 8.77. The fourth-order valence-corrected chi connectivity index (χ4v) is 3.55. The minimum absolute atomic E-state index is 1.32. The van der Waals surface area contributed by atoms with Gasteiger partial charge in [0.2, 0.25) is 5.84 Å². The van der Waals surface area contributed by atoms with Gasteiger partial charge in [-0.1, -0.05) is 32.6 Å². The summed E-state index contributed by atoms with van der Waals surface area (Å²) in [5.41, 5.74) is 0. The monoisotopic (exact) mass is 265 g/mol. The molecule has 0 atom stereocenters. The van der Waals surface area contributed by atoms with Crippen molar-refractivity contribution in [2.24, 2.45) is 0 Å². The lowest BCUT2D eigenvalue weighted by molar-refractivity contribution is -0.539. The fourth-order valence-electron chi connectivity index (χ4n) is 3.55. The molecule has 0 fully saturated rings. The Morgan fingerprint density at radius 3 is 2.58 bits per heavy atom. The van der Waals surface area contributed by atoms with Crippen LogP contribution in [-0.2, 0) is 0 Å². The number of unbranched alkanes of at least 4 members (excludes halogenated alkanes) is 5. The Bertz CT molecular complexity index is 283. The number of nitrogens with zero attached hydrogens (tertiary/aromatic N) is 2. The van der Waals surface area contributed by atoms with Crippen molar-refractivity contribution in [3.8, 4) is 0 Å². The van der Waals surface area contributed by atoms with Gasteiger partial charge < -0.3 is 0 Å². The summed E-state index contributed by atoms with van der Waals surface area (Å²) in [6.45, 7) is 7.58.